The lowest BCUT2D eigenvalue weighted by atomic mass is 10.1. The third kappa shape index (κ3) is 4.95. The van der Waals surface area contributed by atoms with Crippen LogP contribution >= 0.6 is 22.9 Å². The summed E-state index contributed by atoms with van der Waals surface area (Å²) in [6.45, 7) is 6.96. The van der Waals surface area contributed by atoms with Gasteiger partial charge in [0, 0.05) is 68.2 Å². The Balaban J connectivity index is 1.29. The molecule has 0 bridgehead atoms. The molecule has 0 saturated carbocycles. The molecular weight excluding hydrogens is 390 g/mol. The van der Waals surface area contributed by atoms with Crippen molar-refractivity contribution in [1.82, 2.24) is 14.7 Å². The summed E-state index contributed by atoms with van der Waals surface area (Å²) >= 11 is 8.14. The van der Waals surface area contributed by atoms with Gasteiger partial charge in [-0.3, -0.25) is 14.6 Å². The number of amides is 1. The van der Waals surface area contributed by atoms with Gasteiger partial charge in [0.2, 0.25) is 5.91 Å². The lowest BCUT2D eigenvalue weighted by Gasteiger charge is -2.39. The standard InChI is InChI=1S/C22H28ClN3OS/c23-21-6-2-1-4-18(21)16-26-10-9-19(7-8-22(26)27)25-13-11-24(12-14-25)17-20-5-3-15-28-20/h1-6,15,19H,7-14,16-17H2. The summed E-state index contributed by atoms with van der Waals surface area (Å²) in [5, 5.41) is 2.90. The van der Waals surface area contributed by atoms with Gasteiger partial charge in [-0.25, -0.2) is 0 Å². The van der Waals surface area contributed by atoms with Gasteiger partial charge < -0.3 is 4.90 Å². The van der Waals surface area contributed by atoms with Crippen LogP contribution in [0.1, 0.15) is 29.7 Å². The second-order valence-electron chi connectivity index (χ2n) is 7.78. The van der Waals surface area contributed by atoms with E-state index in [0.717, 1.165) is 62.7 Å². The summed E-state index contributed by atoms with van der Waals surface area (Å²) < 4.78 is 0. The van der Waals surface area contributed by atoms with E-state index >= 15 is 0 Å². The maximum Gasteiger partial charge on any atom is 0.222 e. The van der Waals surface area contributed by atoms with Crippen molar-refractivity contribution in [3.05, 3.63) is 57.2 Å². The average Bonchev–Trinajstić information content (AvgIpc) is 3.15. The maximum atomic E-state index is 12.6. The van der Waals surface area contributed by atoms with E-state index in [9.17, 15) is 4.79 Å². The first-order valence-corrected chi connectivity index (χ1v) is 11.4. The van der Waals surface area contributed by atoms with Crippen LogP contribution in [0.5, 0.6) is 0 Å². The van der Waals surface area contributed by atoms with Gasteiger partial charge in [-0.15, -0.1) is 11.3 Å². The second kappa shape index (κ2) is 9.40. The quantitative estimate of drug-likeness (QED) is 0.732. The summed E-state index contributed by atoms with van der Waals surface area (Å²) in [5.74, 6) is 0.263. The molecule has 0 aliphatic carbocycles. The molecule has 4 rings (SSSR count). The van der Waals surface area contributed by atoms with Crippen molar-refractivity contribution in [2.75, 3.05) is 32.7 Å². The highest BCUT2D eigenvalue weighted by Crippen LogP contribution is 2.23. The Morgan fingerprint density at radius 3 is 2.54 bits per heavy atom. The van der Waals surface area contributed by atoms with Gasteiger partial charge in [-0.05, 0) is 35.9 Å². The van der Waals surface area contributed by atoms with Crippen LogP contribution in [0, 0.1) is 0 Å². The molecule has 4 nitrogen and oxygen atoms in total. The van der Waals surface area contributed by atoms with Gasteiger partial charge in [-0.2, -0.15) is 0 Å². The molecule has 1 aromatic heterocycles. The first-order chi connectivity index (χ1) is 13.7. The Bertz CT molecular complexity index is 774. The number of benzene rings is 1. The Labute approximate surface area is 176 Å². The van der Waals surface area contributed by atoms with E-state index in [0.29, 0.717) is 19.0 Å². The monoisotopic (exact) mass is 417 g/mol. The van der Waals surface area contributed by atoms with E-state index in [1.54, 1.807) is 0 Å². The highest BCUT2D eigenvalue weighted by atomic mass is 35.5. The average molecular weight is 418 g/mol. The third-order valence-corrected chi connectivity index (χ3v) is 7.21. The van der Waals surface area contributed by atoms with Crippen LogP contribution in [0.2, 0.25) is 5.02 Å². The van der Waals surface area contributed by atoms with Gasteiger partial charge >= 0.3 is 0 Å². The van der Waals surface area contributed by atoms with E-state index in [1.165, 1.54) is 4.88 Å². The molecule has 0 spiro atoms. The molecule has 6 heteroatoms. The molecule has 1 aromatic carbocycles. The molecule has 0 N–H and O–H groups in total. The van der Waals surface area contributed by atoms with E-state index in [2.05, 4.69) is 27.3 Å². The molecule has 28 heavy (non-hydrogen) atoms. The van der Waals surface area contributed by atoms with Crippen LogP contribution in [-0.2, 0) is 17.9 Å². The zero-order chi connectivity index (χ0) is 19.3. The Morgan fingerprint density at radius 1 is 0.964 bits per heavy atom. The number of halogens is 1. The molecule has 2 fully saturated rings. The minimum absolute atomic E-state index is 0.263. The van der Waals surface area contributed by atoms with Crippen molar-refractivity contribution in [3.8, 4) is 0 Å². The molecule has 2 aliphatic rings. The number of likely N-dealkylation sites (tertiary alicyclic amines) is 1. The smallest absolute Gasteiger partial charge is 0.222 e. The Hall–Kier alpha value is -1.40. The van der Waals surface area contributed by atoms with Gasteiger partial charge in [0.1, 0.15) is 0 Å². The number of thiophene rings is 1. The molecule has 1 unspecified atom stereocenters. The summed E-state index contributed by atoms with van der Waals surface area (Å²) in [6.07, 6.45) is 2.68. The lowest BCUT2D eigenvalue weighted by molar-refractivity contribution is -0.131. The van der Waals surface area contributed by atoms with Gasteiger partial charge in [0.05, 0.1) is 0 Å². The number of nitrogens with zero attached hydrogens (tertiary/aromatic N) is 3. The first-order valence-electron chi connectivity index (χ1n) is 10.2. The topological polar surface area (TPSA) is 26.8 Å². The van der Waals surface area contributed by atoms with Crippen molar-refractivity contribution in [1.29, 1.82) is 0 Å². The van der Waals surface area contributed by atoms with Gasteiger partial charge in [-0.1, -0.05) is 35.9 Å². The zero-order valence-electron chi connectivity index (χ0n) is 16.2. The molecule has 0 radical (unpaired) electrons. The van der Waals surface area contributed by atoms with Crippen molar-refractivity contribution >= 4 is 28.8 Å². The largest absolute Gasteiger partial charge is 0.338 e. The number of carbonyl (C=O) groups excluding carboxylic acids is 1. The lowest BCUT2D eigenvalue weighted by Crippen LogP contribution is -2.50. The maximum absolute atomic E-state index is 12.6. The van der Waals surface area contributed by atoms with Crippen LogP contribution < -0.4 is 0 Å². The molecule has 2 saturated heterocycles. The van der Waals surface area contributed by atoms with Crippen LogP contribution in [0.15, 0.2) is 41.8 Å². The fourth-order valence-electron chi connectivity index (χ4n) is 4.30. The second-order valence-corrected chi connectivity index (χ2v) is 9.22. The third-order valence-electron chi connectivity index (χ3n) is 5.98. The Morgan fingerprint density at radius 2 is 1.79 bits per heavy atom. The summed E-state index contributed by atoms with van der Waals surface area (Å²) in [4.78, 5) is 21.2. The molecular formula is C22H28ClN3OS. The van der Waals surface area contributed by atoms with Crippen LogP contribution in [0.25, 0.3) is 0 Å². The minimum Gasteiger partial charge on any atom is -0.338 e. The van der Waals surface area contributed by atoms with E-state index in [-0.39, 0.29) is 5.91 Å². The van der Waals surface area contributed by atoms with Crippen molar-refractivity contribution < 1.29 is 4.79 Å². The van der Waals surface area contributed by atoms with Crippen molar-refractivity contribution in [2.24, 2.45) is 0 Å². The highest BCUT2D eigenvalue weighted by molar-refractivity contribution is 7.09. The SMILES string of the molecule is O=C1CCC(N2CCN(Cc3cccs3)CC2)CCN1Cc1ccccc1Cl. The number of rotatable bonds is 5. The number of carbonyl (C=O) groups is 1. The summed E-state index contributed by atoms with van der Waals surface area (Å²) in [6, 6.07) is 12.7. The Kier molecular flexibility index (Phi) is 6.68. The van der Waals surface area contributed by atoms with Gasteiger partial charge in [0.15, 0.2) is 0 Å². The fourth-order valence-corrected chi connectivity index (χ4v) is 5.24. The van der Waals surface area contributed by atoms with Crippen LogP contribution in [0.3, 0.4) is 0 Å². The molecule has 2 aliphatic heterocycles. The summed E-state index contributed by atoms with van der Waals surface area (Å²) in [5.41, 5.74) is 1.04. The zero-order valence-corrected chi connectivity index (χ0v) is 17.8. The van der Waals surface area contributed by atoms with Crippen molar-refractivity contribution in [2.45, 2.75) is 38.4 Å². The van der Waals surface area contributed by atoms with E-state index in [1.807, 2.05) is 40.5 Å². The predicted octanol–water partition coefficient (Wildman–Crippen LogP) is 4.10. The molecule has 1 amide bonds. The predicted molar refractivity (Wildman–Crippen MR) is 116 cm³/mol. The normalized spacial score (nSPS) is 22.4. The number of hydrogen-bond acceptors (Lipinski definition) is 4. The van der Waals surface area contributed by atoms with Crippen molar-refractivity contribution in [3.63, 3.8) is 0 Å². The first kappa shape index (κ1) is 19.9. The minimum atomic E-state index is 0.263. The van der Waals surface area contributed by atoms with Gasteiger partial charge in [0.25, 0.3) is 0 Å². The van der Waals surface area contributed by atoms with Crippen LogP contribution in [0.4, 0.5) is 0 Å². The fraction of sp³-hybridized carbons (Fsp3) is 0.500. The number of piperazine rings is 1. The summed E-state index contributed by atoms with van der Waals surface area (Å²) in [7, 11) is 0. The highest BCUT2D eigenvalue weighted by Gasteiger charge is 2.29. The number of hydrogen-bond donors (Lipinski definition) is 0. The van der Waals surface area contributed by atoms with Crippen LogP contribution in [-0.4, -0.2) is 59.4 Å². The molecule has 2 aromatic rings. The molecule has 150 valence electrons. The van der Waals surface area contributed by atoms with E-state index in [4.69, 9.17) is 11.6 Å². The van der Waals surface area contributed by atoms with E-state index < -0.39 is 0 Å². The molecule has 3 heterocycles. The molecule has 1 atom stereocenters.